The van der Waals surface area contributed by atoms with Crippen molar-refractivity contribution in [3.8, 4) is 11.3 Å². The molecule has 8 nitrogen and oxygen atoms in total. The minimum atomic E-state index is -0.694. The molecule has 0 saturated heterocycles. The van der Waals surface area contributed by atoms with E-state index in [0.29, 0.717) is 17.2 Å². The van der Waals surface area contributed by atoms with E-state index in [1.54, 1.807) is 10.6 Å². The topological polar surface area (TPSA) is 103 Å². The van der Waals surface area contributed by atoms with E-state index < -0.39 is 16.7 Å². The van der Waals surface area contributed by atoms with E-state index in [-0.39, 0.29) is 5.76 Å². The van der Waals surface area contributed by atoms with Crippen LogP contribution in [0, 0.1) is 10.1 Å². The van der Waals surface area contributed by atoms with Gasteiger partial charge in [0.05, 0.1) is 6.07 Å². The van der Waals surface area contributed by atoms with Gasteiger partial charge in [-0.05, 0) is 18.2 Å². The Morgan fingerprint density at radius 1 is 1.08 bits per heavy atom. The maximum atomic E-state index is 12.5. The van der Waals surface area contributed by atoms with Crippen molar-refractivity contribution in [3.63, 3.8) is 0 Å². The second-order valence-corrected chi connectivity index (χ2v) is 5.45. The molecular weight excluding hydrogens is 336 g/mol. The van der Waals surface area contributed by atoms with Crippen molar-refractivity contribution >= 4 is 23.3 Å². The van der Waals surface area contributed by atoms with Crippen LogP contribution < -0.4 is 5.32 Å². The van der Waals surface area contributed by atoms with Crippen molar-refractivity contribution in [2.45, 2.75) is 0 Å². The zero-order chi connectivity index (χ0) is 18.1. The predicted octanol–water partition coefficient (Wildman–Crippen LogP) is 3.75. The van der Waals surface area contributed by atoms with E-state index in [1.807, 2.05) is 48.5 Å². The number of carbonyl (C=O) groups is 1. The van der Waals surface area contributed by atoms with Crippen LogP contribution in [-0.4, -0.2) is 20.2 Å². The molecule has 0 bridgehead atoms. The number of furan rings is 1. The number of anilines is 1. The highest BCUT2D eigenvalue weighted by molar-refractivity contribution is 6.04. The van der Waals surface area contributed by atoms with E-state index in [2.05, 4.69) is 10.3 Å². The van der Waals surface area contributed by atoms with Crippen molar-refractivity contribution in [2.75, 3.05) is 5.32 Å². The SMILES string of the molecule is O=C(Nc1c(-c2ccccc2)nc2ccccn12)c1ccc([N+](=O)[O-])o1. The summed E-state index contributed by atoms with van der Waals surface area (Å²) in [4.78, 5) is 27.1. The molecule has 26 heavy (non-hydrogen) atoms. The van der Waals surface area contributed by atoms with Crippen molar-refractivity contribution in [3.05, 3.63) is 82.7 Å². The molecule has 4 aromatic rings. The van der Waals surface area contributed by atoms with Crippen LogP contribution in [0.4, 0.5) is 11.7 Å². The van der Waals surface area contributed by atoms with E-state index in [9.17, 15) is 14.9 Å². The summed E-state index contributed by atoms with van der Waals surface area (Å²) >= 11 is 0. The predicted molar refractivity (Wildman–Crippen MR) is 93.9 cm³/mol. The number of fused-ring (bicyclic) bond motifs is 1. The van der Waals surface area contributed by atoms with Crippen LogP contribution in [0.5, 0.6) is 0 Å². The van der Waals surface area contributed by atoms with Crippen molar-refractivity contribution in [1.82, 2.24) is 9.38 Å². The Hall–Kier alpha value is -3.94. The number of nitrogens with zero attached hydrogens (tertiary/aromatic N) is 3. The highest BCUT2D eigenvalue weighted by Crippen LogP contribution is 2.29. The molecule has 0 radical (unpaired) electrons. The Morgan fingerprint density at radius 3 is 2.58 bits per heavy atom. The summed E-state index contributed by atoms with van der Waals surface area (Å²) in [5.41, 5.74) is 2.08. The summed E-state index contributed by atoms with van der Waals surface area (Å²) in [7, 11) is 0. The summed E-state index contributed by atoms with van der Waals surface area (Å²) < 4.78 is 6.71. The zero-order valence-electron chi connectivity index (χ0n) is 13.3. The van der Waals surface area contributed by atoms with Crippen LogP contribution in [0.2, 0.25) is 0 Å². The second-order valence-electron chi connectivity index (χ2n) is 5.45. The molecule has 3 heterocycles. The lowest BCUT2D eigenvalue weighted by molar-refractivity contribution is -0.402. The van der Waals surface area contributed by atoms with Crippen molar-refractivity contribution < 1.29 is 14.1 Å². The van der Waals surface area contributed by atoms with Gasteiger partial charge in [-0.1, -0.05) is 36.4 Å². The number of carbonyl (C=O) groups excluding carboxylic acids is 1. The molecule has 128 valence electrons. The number of imidazole rings is 1. The average molecular weight is 348 g/mol. The quantitative estimate of drug-likeness (QED) is 0.447. The Labute approximate surface area is 146 Å². The van der Waals surface area contributed by atoms with E-state index >= 15 is 0 Å². The number of hydrogen-bond donors (Lipinski definition) is 1. The first-order valence-corrected chi connectivity index (χ1v) is 7.71. The molecule has 1 amide bonds. The maximum Gasteiger partial charge on any atom is 0.433 e. The van der Waals surface area contributed by atoms with Crippen LogP contribution in [0.25, 0.3) is 16.9 Å². The van der Waals surface area contributed by atoms with Gasteiger partial charge >= 0.3 is 5.88 Å². The fourth-order valence-electron chi connectivity index (χ4n) is 2.63. The lowest BCUT2D eigenvalue weighted by atomic mass is 10.1. The molecule has 0 spiro atoms. The van der Waals surface area contributed by atoms with Gasteiger partial charge in [-0.2, -0.15) is 0 Å². The lowest BCUT2D eigenvalue weighted by Crippen LogP contribution is -2.13. The number of hydrogen-bond acceptors (Lipinski definition) is 5. The molecule has 1 N–H and O–H groups in total. The number of nitrogens with one attached hydrogen (secondary N) is 1. The highest BCUT2D eigenvalue weighted by atomic mass is 16.6. The summed E-state index contributed by atoms with van der Waals surface area (Å²) in [6.45, 7) is 0. The molecule has 4 rings (SSSR count). The molecule has 0 unspecified atom stereocenters. The van der Waals surface area contributed by atoms with Crippen molar-refractivity contribution in [1.29, 1.82) is 0 Å². The molecular formula is C18H12N4O4. The number of nitro groups is 1. The number of rotatable bonds is 4. The third kappa shape index (κ3) is 2.69. The van der Waals surface area contributed by atoms with Crippen LogP contribution in [-0.2, 0) is 0 Å². The van der Waals surface area contributed by atoms with Gasteiger partial charge in [0, 0.05) is 11.8 Å². The molecule has 8 heteroatoms. The van der Waals surface area contributed by atoms with Gasteiger partial charge in [0.25, 0.3) is 5.91 Å². The summed E-state index contributed by atoms with van der Waals surface area (Å²) in [6.07, 6.45) is 1.77. The fraction of sp³-hybridized carbons (Fsp3) is 0. The first kappa shape index (κ1) is 15.6. The van der Waals surface area contributed by atoms with E-state index in [4.69, 9.17) is 4.42 Å². The zero-order valence-corrected chi connectivity index (χ0v) is 13.3. The van der Waals surface area contributed by atoms with Crippen molar-refractivity contribution in [2.24, 2.45) is 0 Å². The summed E-state index contributed by atoms with van der Waals surface area (Å²) in [6, 6.07) is 17.3. The number of aromatic nitrogens is 2. The average Bonchev–Trinajstić information content (AvgIpc) is 3.28. The van der Waals surface area contributed by atoms with Crippen LogP contribution in [0.3, 0.4) is 0 Å². The highest BCUT2D eigenvalue weighted by Gasteiger charge is 2.21. The standard InChI is InChI=1S/C18H12N4O4/c23-18(13-9-10-15(26-13)22(24)25)20-17-16(12-6-2-1-3-7-12)19-14-8-4-5-11-21(14)17/h1-11H,(H,20,23). The van der Waals surface area contributed by atoms with E-state index in [0.717, 1.165) is 11.6 Å². The molecule has 1 aromatic carbocycles. The number of amides is 1. The third-order valence-corrected chi connectivity index (χ3v) is 3.80. The largest absolute Gasteiger partial charge is 0.433 e. The summed E-state index contributed by atoms with van der Waals surface area (Å²) in [5, 5.41) is 13.5. The Morgan fingerprint density at radius 2 is 1.85 bits per heavy atom. The molecule has 0 saturated carbocycles. The lowest BCUT2D eigenvalue weighted by Gasteiger charge is -2.06. The Bertz CT molecular complexity index is 1110. The third-order valence-electron chi connectivity index (χ3n) is 3.80. The van der Waals surface area contributed by atoms with E-state index in [1.165, 1.54) is 6.07 Å². The maximum absolute atomic E-state index is 12.5. The van der Waals surface area contributed by atoms with Crippen LogP contribution >= 0.6 is 0 Å². The Balaban J connectivity index is 1.77. The first-order valence-electron chi connectivity index (χ1n) is 7.71. The molecule has 0 atom stereocenters. The Kier molecular flexibility index (Phi) is 3.70. The first-order chi connectivity index (χ1) is 12.6. The molecule has 0 aliphatic heterocycles. The smallest absolute Gasteiger partial charge is 0.395 e. The van der Waals surface area contributed by atoms with Gasteiger partial charge in [0.2, 0.25) is 0 Å². The van der Waals surface area contributed by atoms with Gasteiger partial charge in [-0.25, -0.2) is 4.98 Å². The second kappa shape index (κ2) is 6.17. The normalized spacial score (nSPS) is 10.8. The minimum absolute atomic E-state index is 0.151. The number of pyridine rings is 1. The van der Waals surface area contributed by atoms with Crippen LogP contribution in [0.1, 0.15) is 10.6 Å². The molecule has 0 aliphatic rings. The van der Waals surface area contributed by atoms with Gasteiger partial charge in [-0.3, -0.25) is 19.3 Å². The molecule has 3 aromatic heterocycles. The van der Waals surface area contributed by atoms with Gasteiger partial charge in [0.15, 0.2) is 5.76 Å². The number of benzene rings is 1. The molecule has 0 fully saturated rings. The minimum Gasteiger partial charge on any atom is -0.395 e. The summed E-state index contributed by atoms with van der Waals surface area (Å²) in [5.74, 6) is -0.782. The van der Waals surface area contributed by atoms with Gasteiger partial charge in [0.1, 0.15) is 22.1 Å². The van der Waals surface area contributed by atoms with Crippen LogP contribution in [0.15, 0.2) is 71.3 Å². The fourth-order valence-corrected chi connectivity index (χ4v) is 2.63. The molecule has 0 aliphatic carbocycles. The van der Waals surface area contributed by atoms with Gasteiger partial charge < -0.3 is 9.73 Å². The van der Waals surface area contributed by atoms with Gasteiger partial charge in [-0.15, -0.1) is 0 Å². The monoisotopic (exact) mass is 348 g/mol.